The largest absolute Gasteiger partial charge is 0.481 e. The van der Waals surface area contributed by atoms with Crippen LogP contribution in [0.3, 0.4) is 0 Å². The van der Waals surface area contributed by atoms with E-state index in [-0.39, 0.29) is 19.2 Å². The molecular formula is C12H20N2O5. The van der Waals surface area contributed by atoms with Crippen molar-refractivity contribution in [1.82, 2.24) is 10.6 Å². The zero-order valence-electron chi connectivity index (χ0n) is 10.8. The minimum absolute atomic E-state index is 0.150. The van der Waals surface area contributed by atoms with E-state index in [9.17, 15) is 9.59 Å². The first-order valence-corrected chi connectivity index (χ1v) is 6.59. The molecule has 3 N–H and O–H groups in total. The van der Waals surface area contributed by atoms with E-state index in [1.807, 2.05) is 0 Å². The van der Waals surface area contributed by atoms with E-state index in [1.165, 1.54) is 0 Å². The minimum Gasteiger partial charge on any atom is -0.481 e. The lowest BCUT2D eigenvalue weighted by Crippen LogP contribution is -2.48. The van der Waals surface area contributed by atoms with Crippen molar-refractivity contribution in [2.24, 2.45) is 11.8 Å². The molecule has 19 heavy (non-hydrogen) atoms. The first-order valence-electron chi connectivity index (χ1n) is 6.59. The molecule has 3 unspecified atom stereocenters. The first-order chi connectivity index (χ1) is 9.16. The molecule has 0 radical (unpaired) electrons. The third-order valence-corrected chi connectivity index (χ3v) is 3.52. The van der Waals surface area contributed by atoms with Gasteiger partial charge in [0.15, 0.2) is 0 Å². The molecule has 0 saturated carbocycles. The Morgan fingerprint density at radius 2 is 2.05 bits per heavy atom. The molecule has 2 rings (SSSR count). The second kappa shape index (κ2) is 6.72. The quantitative estimate of drug-likeness (QED) is 0.659. The second-order valence-electron chi connectivity index (χ2n) is 5.03. The topological polar surface area (TPSA) is 96.9 Å². The maximum absolute atomic E-state index is 11.7. The highest BCUT2D eigenvalue weighted by Crippen LogP contribution is 2.14. The van der Waals surface area contributed by atoms with Gasteiger partial charge in [-0.3, -0.25) is 4.79 Å². The number of rotatable bonds is 4. The van der Waals surface area contributed by atoms with Gasteiger partial charge in [0.2, 0.25) is 0 Å². The van der Waals surface area contributed by atoms with Gasteiger partial charge in [-0.15, -0.1) is 0 Å². The highest BCUT2D eigenvalue weighted by molar-refractivity contribution is 5.77. The molecule has 3 atom stereocenters. The fraction of sp³-hybridized carbons (Fsp3) is 0.833. The van der Waals surface area contributed by atoms with Crippen LogP contribution in [0.15, 0.2) is 0 Å². The summed E-state index contributed by atoms with van der Waals surface area (Å²) in [4.78, 5) is 22.6. The predicted molar refractivity (Wildman–Crippen MR) is 65.8 cm³/mol. The van der Waals surface area contributed by atoms with E-state index in [0.717, 1.165) is 19.4 Å². The molecule has 7 nitrogen and oxygen atoms in total. The van der Waals surface area contributed by atoms with Crippen LogP contribution >= 0.6 is 0 Å². The molecule has 2 amide bonds. The molecule has 0 spiro atoms. The van der Waals surface area contributed by atoms with Crippen molar-refractivity contribution in [3.05, 3.63) is 0 Å². The molecule has 0 aromatic heterocycles. The number of hydrogen-bond donors (Lipinski definition) is 3. The fourth-order valence-electron chi connectivity index (χ4n) is 2.36. The maximum Gasteiger partial charge on any atom is 0.315 e. The van der Waals surface area contributed by atoms with Gasteiger partial charge in [0, 0.05) is 13.2 Å². The van der Waals surface area contributed by atoms with Crippen LogP contribution in [-0.2, 0) is 14.3 Å². The normalized spacial score (nSPS) is 30.8. The number of urea groups is 1. The molecule has 0 bridgehead atoms. The van der Waals surface area contributed by atoms with Gasteiger partial charge >= 0.3 is 12.0 Å². The van der Waals surface area contributed by atoms with Gasteiger partial charge in [-0.1, -0.05) is 0 Å². The lowest BCUT2D eigenvalue weighted by atomic mass is 10.0. The molecule has 2 fully saturated rings. The van der Waals surface area contributed by atoms with Gasteiger partial charge < -0.3 is 25.2 Å². The van der Waals surface area contributed by atoms with E-state index >= 15 is 0 Å². The molecule has 0 aromatic rings. The molecule has 7 heteroatoms. The SMILES string of the molecule is O=C(NCC1CCCOC1)NC1COCC1C(=O)O. The van der Waals surface area contributed by atoms with E-state index in [4.69, 9.17) is 14.6 Å². The number of carboxylic acids is 1. The van der Waals surface area contributed by atoms with Crippen LogP contribution in [0.1, 0.15) is 12.8 Å². The fourth-order valence-corrected chi connectivity index (χ4v) is 2.36. The third kappa shape index (κ3) is 4.07. The van der Waals surface area contributed by atoms with Crippen LogP contribution in [0.5, 0.6) is 0 Å². The van der Waals surface area contributed by atoms with Crippen LogP contribution in [0, 0.1) is 11.8 Å². The molecule has 108 valence electrons. The summed E-state index contributed by atoms with van der Waals surface area (Å²) in [7, 11) is 0. The Kier molecular flexibility index (Phi) is 4.98. The van der Waals surface area contributed by atoms with Crippen LogP contribution < -0.4 is 10.6 Å². The summed E-state index contributed by atoms with van der Waals surface area (Å²) in [5, 5.41) is 14.4. The first kappa shape index (κ1) is 14.1. The lowest BCUT2D eigenvalue weighted by molar-refractivity contribution is -0.142. The zero-order valence-corrected chi connectivity index (χ0v) is 10.8. The third-order valence-electron chi connectivity index (χ3n) is 3.52. The summed E-state index contributed by atoms with van der Waals surface area (Å²) in [6, 6.07) is -0.799. The Bertz CT molecular complexity index is 330. The van der Waals surface area contributed by atoms with Crippen LogP contribution in [0.4, 0.5) is 4.79 Å². The van der Waals surface area contributed by atoms with Gasteiger partial charge in [0.05, 0.1) is 25.9 Å². The standard InChI is InChI=1S/C12H20N2O5/c15-11(16)9-6-19-7-10(9)14-12(17)13-4-8-2-1-3-18-5-8/h8-10H,1-7H2,(H,15,16)(H2,13,14,17). The van der Waals surface area contributed by atoms with Crippen molar-refractivity contribution in [2.75, 3.05) is 33.0 Å². The molecule has 2 saturated heterocycles. The zero-order chi connectivity index (χ0) is 13.7. The molecule has 0 aromatic carbocycles. The van der Waals surface area contributed by atoms with Crippen molar-refractivity contribution < 1.29 is 24.2 Å². The average Bonchev–Trinajstić information content (AvgIpc) is 2.86. The summed E-state index contributed by atoms with van der Waals surface area (Å²) in [5.41, 5.74) is 0. The Morgan fingerprint density at radius 3 is 2.74 bits per heavy atom. The van der Waals surface area contributed by atoms with Crippen molar-refractivity contribution in [3.8, 4) is 0 Å². The Morgan fingerprint density at radius 1 is 1.21 bits per heavy atom. The number of ether oxygens (including phenoxy) is 2. The van der Waals surface area contributed by atoms with Crippen molar-refractivity contribution in [1.29, 1.82) is 0 Å². The Balaban J connectivity index is 1.70. The monoisotopic (exact) mass is 272 g/mol. The number of hydrogen-bond acceptors (Lipinski definition) is 4. The summed E-state index contributed by atoms with van der Waals surface area (Å²) in [5.74, 6) is -1.26. The van der Waals surface area contributed by atoms with E-state index in [2.05, 4.69) is 10.6 Å². The number of aliphatic carboxylic acids is 1. The van der Waals surface area contributed by atoms with Gasteiger partial charge in [-0.05, 0) is 18.8 Å². The highest BCUT2D eigenvalue weighted by atomic mass is 16.5. The number of amides is 2. The number of nitrogens with one attached hydrogen (secondary N) is 2. The minimum atomic E-state index is -0.941. The highest BCUT2D eigenvalue weighted by Gasteiger charge is 2.35. The summed E-state index contributed by atoms with van der Waals surface area (Å²) < 4.78 is 10.4. The second-order valence-corrected chi connectivity index (χ2v) is 5.03. The lowest BCUT2D eigenvalue weighted by Gasteiger charge is -2.23. The van der Waals surface area contributed by atoms with E-state index in [0.29, 0.717) is 19.1 Å². The maximum atomic E-state index is 11.7. The van der Waals surface area contributed by atoms with Crippen molar-refractivity contribution >= 4 is 12.0 Å². The van der Waals surface area contributed by atoms with Gasteiger partial charge in [-0.2, -0.15) is 0 Å². The van der Waals surface area contributed by atoms with Crippen LogP contribution in [0.2, 0.25) is 0 Å². The summed E-state index contributed by atoms with van der Waals surface area (Å²) in [6.07, 6.45) is 2.07. The Hall–Kier alpha value is -1.34. The van der Waals surface area contributed by atoms with Crippen LogP contribution in [0.25, 0.3) is 0 Å². The summed E-state index contributed by atoms with van der Waals surface area (Å²) in [6.45, 7) is 2.41. The number of carbonyl (C=O) groups excluding carboxylic acids is 1. The van der Waals surface area contributed by atoms with Crippen molar-refractivity contribution in [2.45, 2.75) is 18.9 Å². The van der Waals surface area contributed by atoms with Gasteiger partial charge in [-0.25, -0.2) is 4.79 Å². The van der Waals surface area contributed by atoms with E-state index < -0.39 is 17.9 Å². The summed E-state index contributed by atoms with van der Waals surface area (Å²) >= 11 is 0. The predicted octanol–water partition coefficient (Wildman–Crippen LogP) is -0.188. The molecular weight excluding hydrogens is 252 g/mol. The number of carboxylic acid groups (broad SMARTS) is 1. The number of carbonyl (C=O) groups is 2. The molecule has 2 aliphatic heterocycles. The Labute approximate surface area is 111 Å². The smallest absolute Gasteiger partial charge is 0.315 e. The average molecular weight is 272 g/mol. The molecule has 2 aliphatic rings. The van der Waals surface area contributed by atoms with Crippen molar-refractivity contribution in [3.63, 3.8) is 0 Å². The van der Waals surface area contributed by atoms with Gasteiger partial charge in [0.1, 0.15) is 5.92 Å². The van der Waals surface area contributed by atoms with Gasteiger partial charge in [0.25, 0.3) is 0 Å². The van der Waals surface area contributed by atoms with E-state index in [1.54, 1.807) is 0 Å². The molecule has 2 heterocycles. The van der Waals surface area contributed by atoms with Crippen LogP contribution in [-0.4, -0.2) is 56.1 Å². The molecule has 0 aliphatic carbocycles.